The highest BCUT2D eigenvalue weighted by Gasteiger charge is 2.34. The van der Waals surface area contributed by atoms with Crippen molar-refractivity contribution in [3.05, 3.63) is 64.1 Å². The molecule has 2 aliphatic rings. The second-order valence-electron chi connectivity index (χ2n) is 6.37. The Morgan fingerprint density at radius 3 is 2.81 bits per heavy atom. The number of rotatable bonds is 4. The first-order chi connectivity index (χ1) is 13.0. The van der Waals surface area contributed by atoms with Gasteiger partial charge in [0, 0.05) is 11.6 Å². The lowest BCUT2D eigenvalue weighted by Gasteiger charge is -2.24. The second-order valence-corrected chi connectivity index (χ2v) is 8.21. The maximum Gasteiger partial charge on any atom is 0.239 e. The van der Waals surface area contributed by atoms with E-state index in [0.29, 0.717) is 21.9 Å². The highest BCUT2D eigenvalue weighted by atomic mass is 35.5. The number of nitrogens with one attached hydrogen (secondary N) is 1. The molecule has 8 heteroatoms. The van der Waals surface area contributed by atoms with E-state index in [1.165, 1.54) is 4.31 Å². The third kappa shape index (κ3) is 4.87. The standard InChI is InChI=1S/C19H21ClN2O4S/c20-15-5-3-6-16(9-8-15)27(26)22-12-18(24)21-11-14(19(22)25)10-13-4-1-2-7-17(13)23/h1-2,4-9,14,18,21,23-24H,3,10-12H2. The molecule has 0 radical (unpaired) electrons. The number of β-amino-alcohol motifs (C(OH)–C–C–N with tert-alkyl or cyclic N) is 1. The largest absolute Gasteiger partial charge is 0.508 e. The van der Waals surface area contributed by atoms with Crippen LogP contribution in [-0.4, -0.2) is 44.0 Å². The van der Waals surface area contributed by atoms with E-state index in [4.69, 9.17) is 11.6 Å². The Hall–Kier alpha value is -1.93. The average molecular weight is 409 g/mol. The van der Waals surface area contributed by atoms with E-state index in [1.807, 2.05) is 0 Å². The van der Waals surface area contributed by atoms with Crippen molar-refractivity contribution >= 4 is 28.5 Å². The van der Waals surface area contributed by atoms with Gasteiger partial charge in [0.25, 0.3) is 0 Å². The monoisotopic (exact) mass is 408 g/mol. The van der Waals surface area contributed by atoms with Crippen molar-refractivity contribution in [3.8, 4) is 5.75 Å². The Labute approximate surface area is 165 Å². The Kier molecular flexibility index (Phi) is 6.49. The fraction of sp³-hybridized carbons (Fsp3) is 0.316. The van der Waals surface area contributed by atoms with Crippen molar-refractivity contribution in [2.75, 3.05) is 13.1 Å². The third-order valence-electron chi connectivity index (χ3n) is 4.43. The summed E-state index contributed by atoms with van der Waals surface area (Å²) in [4.78, 5) is 13.5. The molecule has 3 rings (SSSR count). The van der Waals surface area contributed by atoms with Gasteiger partial charge in [0.05, 0.1) is 17.4 Å². The van der Waals surface area contributed by atoms with E-state index in [-0.39, 0.29) is 31.2 Å². The predicted octanol–water partition coefficient (Wildman–Crippen LogP) is 1.93. The number of hydrogen-bond donors (Lipinski definition) is 3. The number of halogens is 1. The number of amides is 1. The molecule has 0 aromatic heterocycles. The number of allylic oxidation sites excluding steroid dienone is 5. The van der Waals surface area contributed by atoms with Gasteiger partial charge in [0.1, 0.15) is 12.0 Å². The molecular weight excluding hydrogens is 388 g/mol. The topological polar surface area (TPSA) is 89.9 Å². The molecule has 0 saturated carbocycles. The van der Waals surface area contributed by atoms with Gasteiger partial charge >= 0.3 is 0 Å². The Bertz CT molecular complexity index is 837. The highest BCUT2D eigenvalue weighted by molar-refractivity contribution is 7.87. The number of carbonyl (C=O) groups is 1. The van der Waals surface area contributed by atoms with Gasteiger partial charge in [0.2, 0.25) is 5.91 Å². The van der Waals surface area contributed by atoms with Crippen LogP contribution in [0.4, 0.5) is 0 Å². The van der Waals surface area contributed by atoms with Gasteiger partial charge < -0.3 is 10.2 Å². The first kappa shape index (κ1) is 19.8. The number of phenols is 1. The Balaban J connectivity index is 1.82. The molecule has 27 heavy (non-hydrogen) atoms. The van der Waals surface area contributed by atoms with E-state index in [2.05, 4.69) is 5.32 Å². The summed E-state index contributed by atoms with van der Waals surface area (Å²) in [5, 5.41) is 23.5. The molecule has 1 heterocycles. The summed E-state index contributed by atoms with van der Waals surface area (Å²) < 4.78 is 14.2. The van der Waals surface area contributed by atoms with Gasteiger partial charge in [-0.25, -0.2) is 4.21 Å². The summed E-state index contributed by atoms with van der Waals surface area (Å²) in [7, 11) is -1.76. The Morgan fingerprint density at radius 1 is 1.26 bits per heavy atom. The van der Waals surface area contributed by atoms with Crippen molar-refractivity contribution < 1.29 is 19.2 Å². The van der Waals surface area contributed by atoms with Gasteiger partial charge in [-0.2, -0.15) is 0 Å². The number of aromatic hydroxyl groups is 1. The summed E-state index contributed by atoms with van der Waals surface area (Å²) in [5.41, 5.74) is 0.629. The minimum atomic E-state index is -1.76. The number of nitrogens with zero attached hydrogens (tertiary/aromatic N) is 1. The number of aliphatic hydroxyl groups excluding tert-OH is 1. The SMILES string of the molecule is O=C1C(Cc2ccccc2O)CNC(O)CN1S(=O)C1=CCC=C(Cl)C=C1. The van der Waals surface area contributed by atoms with Crippen molar-refractivity contribution in [1.82, 2.24) is 9.62 Å². The fourth-order valence-corrected chi connectivity index (χ4v) is 4.40. The molecular formula is C19H21ClN2O4S. The van der Waals surface area contributed by atoms with Crippen molar-refractivity contribution in [3.63, 3.8) is 0 Å². The molecule has 3 atom stereocenters. The summed E-state index contributed by atoms with van der Waals surface area (Å²) in [6.07, 6.45) is 6.59. The lowest BCUT2D eigenvalue weighted by Crippen LogP contribution is -2.41. The van der Waals surface area contributed by atoms with Crippen LogP contribution in [0.5, 0.6) is 5.75 Å². The van der Waals surface area contributed by atoms with Crippen molar-refractivity contribution in [2.45, 2.75) is 19.1 Å². The molecule has 0 bridgehead atoms. The van der Waals surface area contributed by atoms with Crippen LogP contribution in [0.3, 0.4) is 0 Å². The molecule has 144 valence electrons. The average Bonchev–Trinajstić information content (AvgIpc) is 2.95. The minimum Gasteiger partial charge on any atom is -0.508 e. The summed E-state index contributed by atoms with van der Waals surface area (Å²) in [6.45, 7) is 0.138. The molecule has 6 nitrogen and oxygen atoms in total. The molecule has 1 saturated heterocycles. The fourth-order valence-electron chi connectivity index (χ4n) is 2.98. The summed E-state index contributed by atoms with van der Waals surface area (Å²) >= 11 is 5.97. The van der Waals surface area contributed by atoms with Crippen LogP contribution in [0, 0.1) is 5.92 Å². The first-order valence-electron chi connectivity index (χ1n) is 8.61. The van der Waals surface area contributed by atoms with Gasteiger partial charge in [-0.15, -0.1) is 0 Å². The number of phenolic OH excluding ortho intramolecular Hbond substituents is 1. The summed E-state index contributed by atoms with van der Waals surface area (Å²) in [5.74, 6) is -0.785. The van der Waals surface area contributed by atoms with E-state index in [9.17, 15) is 19.2 Å². The molecule has 1 aliphatic heterocycles. The normalized spacial score (nSPS) is 24.7. The van der Waals surface area contributed by atoms with E-state index >= 15 is 0 Å². The predicted molar refractivity (Wildman–Crippen MR) is 105 cm³/mol. The smallest absolute Gasteiger partial charge is 0.239 e. The third-order valence-corrected chi connectivity index (χ3v) is 6.15. The molecule has 1 amide bonds. The quantitative estimate of drug-likeness (QED) is 0.708. The molecule has 1 aromatic carbocycles. The number of para-hydroxylation sites is 1. The maximum absolute atomic E-state index is 13.1. The van der Waals surface area contributed by atoms with Crippen LogP contribution in [-0.2, 0) is 22.2 Å². The van der Waals surface area contributed by atoms with Gasteiger partial charge in [-0.1, -0.05) is 42.0 Å². The lowest BCUT2D eigenvalue weighted by atomic mass is 9.98. The lowest BCUT2D eigenvalue weighted by molar-refractivity contribution is -0.129. The zero-order valence-electron chi connectivity index (χ0n) is 14.5. The van der Waals surface area contributed by atoms with Gasteiger partial charge in [-0.3, -0.25) is 14.4 Å². The zero-order chi connectivity index (χ0) is 19.4. The van der Waals surface area contributed by atoms with Crippen LogP contribution < -0.4 is 5.32 Å². The van der Waals surface area contributed by atoms with Crippen molar-refractivity contribution in [1.29, 1.82) is 0 Å². The molecule has 3 N–H and O–H groups in total. The highest BCUT2D eigenvalue weighted by Crippen LogP contribution is 2.24. The van der Waals surface area contributed by atoms with Crippen LogP contribution in [0.1, 0.15) is 12.0 Å². The zero-order valence-corrected chi connectivity index (χ0v) is 16.1. The molecule has 1 aliphatic carbocycles. The summed E-state index contributed by atoms with van der Waals surface area (Å²) in [6, 6.07) is 6.80. The van der Waals surface area contributed by atoms with Crippen LogP contribution in [0.25, 0.3) is 0 Å². The van der Waals surface area contributed by atoms with Crippen LogP contribution in [0.15, 0.2) is 58.5 Å². The van der Waals surface area contributed by atoms with E-state index < -0.39 is 23.1 Å². The Morgan fingerprint density at radius 2 is 2.04 bits per heavy atom. The van der Waals surface area contributed by atoms with Gasteiger partial charge in [-0.05, 0) is 36.6 Å². The van der Waals surface area contributed by atoms with Crippen LogP contribution >= 0.6 is 11.6 Å². The molecule has 1 aromatic rings. The molecule has 1 fully saturated rings. The molecule has 3 unspecified atom stereocenters. The number of hydrogen-bond acceptors (Lipinski definition) is 5. The number of benzene rings is 1. The first-order valence-corrected chi connectivity index (χ1v) is 10.1. The number of carbonyl (C=O) groups excluding carboxylic acids is 1. The minimum absolute atomic E-state index is 0.0882. The second kappa shape index (κ2) is 8.84. The number of aliphatic hydroxyl groups is 1. The van der Waals surface area contributed by atoms with E-state index in [0.717, 1.165) is 0 Å². The molecule has 0 spiro atoms. The van der Waals surface area contributed by atoms with E-state index in [1.54, 1.807) is 48.6 Å². The van der Waals surface area contributed by atoms with Crippen molar-refractivity contribution in [2.24, 2.45) is 5.92 Å². The van der Waals surface area contributed by atoms with Crippen LogP contribution in [0.2, 0.25) is 0 Å². The van der Waals surface area contributed by atoms with Gasteiger partial charge in [0.15, 0.2) is 11.0 Å². The maximum atomic E-state index is 13.1.